The molecule has 1 atom stereocenters. The summed E-state index contributed by atoms with van der Waals surface area (Å²) in [5.74, 6) is 11.1. The smallest absolute Gasteiger partial charge is 0.298 e. The lowest BCUT2D eigenvalue weighted by Crippen LogP contribution is -2.31. The van der Waals surface area contributed by atoms with Gasteiger partial charge in [0.2, 0.25) is 5.95 Å². The highest BCUT2D eigenvalue weighted by atomic mass is 16.5. The molecule has 0 saturated carbocycles. The molecular weight excluding hydrogens is 424 g/mol. The number of carbonyl (C=O) groups is 2. The second-order valence-corrected chi connectivity index (χ2v) is 7.13. The number of primary amides is 1. The predicted octanol–water partition coefficient (Wildman–Crippen LogP) is 0.611. The lowest BCUT2D eigenvalue weighted by Gasteiger charge is -2.15. The van der Waals surface area contributed by atoms with E-state index in [9.17, 15) is 9.59 Å². The molecule has 2 amide bonds. The van der Waals surface area contributed by atoms with Crippen LogP contribution in [0, 0.1) is 23.7 Å². The van der Waals surface area contributed by atoms with Gasteiger partial charge < -0.3 is 31.2 Å². The maximum absolute atomic E-state index is 12.0. The maximum Gasteiger partial charge on any atom is 0.298 e. The number of ether oxygens (including phenoxy) is 2. The molecule has 1 aliphatic rings. The number of methoxy groups -OCH3 is 2. The van der Waals surface area contributed by atoms with Gasteiger partial charge in [-0.3, -0.25) is 9.59 Å². The van der Waals surface area contributed by atoms with Crippen molar-refractivity contribution in [3.8, 4) is 35.2 Å². The van der Waals surface area contributed by atoms with Crippen LogP contribution in [0.25, 0.3) is 0 Å². The quantitative estimate of drug-likeness (QED) is 0.564. The molecule has 1 fully saturated rings. The summed E-state index contributed by atoms with van der Waals surface area (Å²) in [6, 6.07) is 5.04. The first-order valence-corrected chi connectivity index (χ1v) is 10.0. The standard InChI is InChI=1S/C23H24N6O4/c1-4-5-19(30)29-9-8-15(13-29)26-23-27-18(20(22(25)31)21(24)28-23)7-6-14-10-16(32-2)12-17(11-14)33-3/h10-12,15H,8-9,13H2,1-3H3,(H2,25,31)(H3,24,26,27,28)/t15-/m0/s1. The Morgan fingerprint density at radius 2 is 1.85 bits per heavy atom. The minimum atomic E-state index is -0.789. The molecule has 0 spiro atoms. The van der Waals surface area contributed by atoms with Gasteiger partial charge >= 0.3 is 0 Å². The van der Waals surface area contributed by atoms with Crippen molar-refractivity contribution in [2.45, 2.75) is 19.4 Å². The summed E-state index contributed by atoms with van der Waals surface area (Å²) >= 11 is 0. The van der Waals surface area contributed by atoms with Crippen LogP contribution < -0.4 is 26.3 Å². The van der Waals surface area contributed by atoms with Crippen molar-refractivity contribution in [2.24, 2.45) is 5.73 Å². The van der Waals surface area contributed by atoms with E-state index in [0.29, 0.717) is 36.6 Å². The summed E-state index contributed by atoms with van der Waals surface area (Å²) in [4.78, 5) is 34.1. The van der Waals surface area contributed by atoms with Crippen LogP contribution in [0.15, 0.2) is 18.2 Å². The lowest BCUT2D eigenvalue weighted by molar-refractivity contribution is -0.124. The summed E-state index contributed by atoms with van der Waals surface area (Å²) in [7, 11) is 3.07. The molecule has 2 aromatic rings. The first-order chi connectivity index (χ1) is 15.8. The van der Waals surface area contributed by atoms with Gasteiger partial charge in [0.15, 0.2) is 0 Å². The third-order valence-corrected chi connectivity index (χ3v) is 4.90. The van der Waals surface area contributed by atoms with Crippen molar-refractivity contribution in [2.75, 3.05) is 38.4 Å². The topological polar surface area (TPSA) is 146 Å². The SMILES string of the molecule is CC#CC(=O)N1CC[C@H](Nc2nc(N)c(C(N)=O)c(C#Cc3cc(OC)cc(OC)c3)n2)C1. The second kappa shape index (κ2) is 10.2. The van der Waals surface area contributed by atoms with Crippen molar-refractivity contribution >= 4 is 23.6 Å². The number of hydrogen-bond acceptors (Lipinski definition) is 8. The third kappa shape index (κ3) is 5.63. The molecule has 0 bridgehead atoms. The number of rotatable bonds is 5. The Labute approximate surface area is 191 Å². The number of aromatic nitrogens is 2. The van der Waals surface area contributed by atoms with E-state index >= 15 is 0 Å². The number of nitrogens with one attached hydrogen (secondary N) is 1. The number of carbonyl (C=O) groups excluding carboxylic acids is 2. The number of hydrogen-bond donors (Lipinski definition) is 3. The van der Waals surface area contributed by atoms with E-state index in [-0.39, 0.29) is 35.0 Å². The predicted molar refractivity (Wildman–Crippen MR) is 123 cm³/mol. The Kier molecular flexibility index (Phi) is 7.21. The van der Waals surface area contributed by atoms with Crippen LogP contribution in [-0.2, 0) is 4.79 Å². The number of nitrogen functional groups attached to an aromatic ring is 1. The van der Waals surface area contributed by atoms with Crippen molar-refractivity contribution in [1.29, 1.82) is 0 Å². The largest absolute Gasteiger partial charge is 0.497 e. The monoisotopic (exact) mass is 448 g/mol. The Morgan fingerprint density at radius 3 is 2.45 bits per heavy atom. The molecule has 10 heteroatoms. The van der Waals surface area contributed by atoms with Gasteiger partial charge in [0, 0.05) is 30.8 Å². The lowest BCUT2D eigenvalue weighted by atomic mass is 10.1. The van der Waals surface area contributed by atoms with Crippen LogP contribution in [0.3, 0.4) is 0 Å². The number of likely N-dealkylation sites (tertiary alicyclic amines) is 1. The molecule has 170 valence electrons. The van der Waals surface area contributed by atoms with E-state index in [1.165, 1.54) is 14.2 Å². The zero-order valence-electron chi connectivity index (χ0n) is 18.6. The summed E-state index contributed by atoms with van der Waals surface area (Å²) in [6.07, 6.45) is 0.683. The van der Waals surface area contributed by atoms with Gasteiger partial charge in [0.05, 0.1) is 14.2 Å². The van der Waals surface area contributed by atoms with Crippen LogP contribution in [-0.4, -0.2) is 60.0 Å². The first-order valence-electron chi connectivity index (χ1n) is 10.0. The Hall–Kier alpha value is -4.44. The third-order valence-electron chi connectivity index (χ3n) is 4.90. The highest BCUT2D eigenvalue weighted by Gasteiger charge is 2.26. The fourth-order valence-electron chi connectivity index (χ4n) is 3.32. The highest BCUT2D eigenvalue weighted by molar-refractivity contribution is 5.99. The van der Waals surface area contributed by atoms with Gasteiger partial charge in [-0.25, -0.2) is 4.98 Å². The number of nitrogens with two attached hydrogens (primary N) is 2. The van der Waals surface area contributed by atoms with E-state index < -0.39 is 5.91 Å². The van der Waals surface area contributed by atoms with Crippen LogP contribution in [0.2, 0.25) is 0 Å². The molecule has 3 rings (SSSR count). The number of anilines is 2. The van der Waals surface area contributed by atoms with E-state index in [1.54, 1.807) is 30.0 Å². The zero-order chi connectivity index (χ0) is 24.0. The number of amides is 2. The Morgan fingerprint density at radius 1 is 1.15 bits per heavy atom. The maximum atomic E-state index is 12.0. The number of benzene rings is 1. The molecule has 0 unspecified atom stereocenters. The molecule has 5 N–H and O–H groups in total. The summed E-state index contributed by atoms with van der Waals surface area (Å²) < 4.78 is 10.5. The van der Waals surface area contributed by atoms with E-state index in [2.05, 4.69) is 39.0 Å². The second-order valence-electron chi connectivity index (χ2n) is 7.13. The van der Waals surface area contributed by atoms with Gasteiger partial charge in [0.1, 0.15) is 28.6 Å². The summed E-state index contributed by atoms with van der Waals surface area (Å²) in [5.41, 5.74) is 12.1. The van der Waals surface area contributed by atoms with Gasteiger partial charge in [-0.2, -0.15) is 4.98 Å². The molecule has 0 radical (unpaired) electrons. The molecule has 2 heterocycles. The molecule has 0 aliphatic carbocycles. The van der Waals surface area contributed by atoms with Crippen molar-refractivity contribution in [3.05, 3.63) is 35.0 Å². The van der Waals surface area contributed by atoms with Gasteiger partial charge in [-0.1, -0.05) is 11.8 Å². The minimum absolute atomic E-state index is 0.0654. The average Bonchev–Trinajstić information content (AvgIpc) is 3.25. The molecule has 1 saturated heterocycles. The van der Waals surface area contributed by atoms with Gasteiger partial charge in [-0.05, 0) is 37.3 Å². The highest BCUT2D eigenvalue weighted by Crippen LogP contribution is 2.22. The first kappa shape index (κ1) is 23.2. The average molecular weight is 448 g/mol. The molecular formula is C23H24N6O4. The summed E-state index contributed by atoms with van der Waals surface area (Å²) in [5, 5.41) is 3.15. The molecule has 10 nitrogen and oxygen atoms in total. The van der Waals surface area contributed by atoms with E-state index in [0.717, 1.165) is 0 Å². The fourth-order valence-corrected chi connectivity index (χ4v) is 3.32. The zero-order valence-corrected chi connectivity index (χ0v) is 18.6. The van der Waals surface area contributed by atoms with Crippen molar-refractivity contribution in [1.82, 2.24) is 14.9 Å². The summed E-state index contributed by atoms with van der Waals surface area (Å²) in [6.45, 7) is 2.62. The molecule has 1 aliphatic heterocycles. The Balaban J connectivity index is 1.90. The molecule has 33 heavy (non-hydrogen) atoms. The van der Waals surface area contributed by atoms with E-state index in [4.69, 9.17) is 20.9 Å². The van der Waals surface area contributed by atoms with Gasteiger partial charge in [0.25, 0.3) is 11.8 Å². The van der Waals surface area contributed by atoms with Crippen LogP contribution >= 0.6 is 0 Å². The van der Waals surface area contributed by atoms with Crippen molar-refractivity contribution < 1.29 is 19.1 Å². The molecule has 1 aromatic carbocycles. The Bertz CT molecular complexity index is 1180. The van der Waals surface area contributed by atoms with Crippen molar-refractivity contribution in [3.63, 3.8) is 0 Å². The van der Waals surface area contributed by atoms with Gasteiger partial charge in [-0.15, -0.1) is 0 Å². The van der Waals surface area contributed by atoms with Crippen LogP contribution in [0.1, 0.15) is 35.0 Å². The molecule has 1 aromatic heterocycles. The normalized spacial score (nSPS) is 14.4. The fraction of sp³-hybridized carbons (Fsp3) is 0.304. The van der Waals surface area contributed by atoms with Crippen LogP contribution in [0.4, 0.5) is 11.8 Å². The van der Waals surface area contributed by atoms with E-state index in [1.807, 2.05) is 0 Å². The van der Waals surface area contributed by atoms with Crippen LogP contribution in [0.5, 0.6) is 11.5 Å². The number of nitrogens with zero attached hydrogens (tertiary/aromatic N) is 3. The minimum Gasteiger partial charge on any atom is -0.497 e.